The van der Waals surface area contributed by atoms with Gasteiger partial charge in [-0.15, -0.1) is 0 Å². The third kappa shape index (κ3) is 13.7. The Morgan fingerprint density at radius 3 is 1.92 bits per heavy atom. The SMILES string of the molecule is COC(=O)N[C@H]1[C@@H](C)O[C@@H](O[C@H]2C/C=C(/C)[C@@H]3C=C[C@@H]4[C@@H](O[C@H]5C[C@@H](O[C@H]6C[C@@H](O[C@H]7C[C@@H](O)[C@@H](O)[C@H](C)O7)[C@@H](O[C@@H]7C[C@@H](O)[C@@H](OC)[C@H](C)O7)[C@H](C)O6)[C@@H](O)[C@H](C)O5)[C@@H](C)C[C@H](C)[C@H]4[C@]3(C)/C(O)=C3\C(=O)OC4(C[C@@H](C)C(CO)=C[C@H]4/C=C/2C)C3=O)C[C@]1(C)[N+](=O)[O-]. The van der Waals surface area contributed by atoms with Crippen LogP contribution in [0.25, 0.3) is 0 Å². The van der Waals surface area contributed by atoms with Crippen molar-refractivity contribution in [3.63, 3.8) is 0 Å². The lowest BCUT2D eigenvalue weighted by Gasteiger charge is -2.56. The second-order valence-corrected chi connectivity index (χ2v) is 28.6. The summed E-state index contributed by atoms with van der Waals surface area (Å²) in [4.78, 5) is 55.4. The second-order valence-electron chi connectivity index (χ2n) is 28.6. The summed E-state index contributed by atoms with van der Waals surface area (Å²) in [6.07, 6.45) is -8.05. The summed E-state index contributed by atoms with van der Waals surface area (Å²) >= 11 is 0. The number of ether oxygens (including phenoxy) is 13. The Hall–Kier alpha value is -4.33. The van der Waals surface area contributed by atoms with Crippen molar-refractivity contribution in [1.82, 2.24) is 5.32 Å². The van der Waals surface area contributed by atoms with Gasteiger partial charge in [-0.2, -0.15) is 0 Å². The van der Waals surface area contributed by atoms with Crippen LogP contribution in [0.1, 0.15) is 134 Å². The topological polar surface area (TPSA) is 348 Å². The zero-order valence-electron chi connectivity index (χ0n) is 55.9. The second kappa shape index (κ2) is 28.3. The number of carbonyl (C=O) groups is 3. The van der Waals surface area contributed by atoms with Crippen LogP contribution in [-0.4, -0.2) is 214 Å². The molecule has 10 rings (SSSR count). The van der Waals surface area contributed by atoms with E-state index in [0.29, 0.717) is 17.6 Å². The fraction of sp³-hybridized carbons (Fsp3) is 0.806. The van der Waals surface area contributed by atoms with Crippen molar-refractivity contribution in [2.24, 2.45) is 46.8 Å². The predicted molar refractivity (Wildman–Crippen MR) is 327 cm³/mol. The predicted octanol–water partition coefficient (Wildman–Crippen LogP) is 5.45. The van der Waals surface area contributed by atoms with Crippen LogP contribution in [0.2, 0.25) is 0 Å². The highest BCUT2D eigenvalue weighted by atomic mass is 16.8. The number of hydrogen-bond donors (Lipinski definition) is 7. The number of fused-ring (bicyclic) bond motifs is 4. The molecule has 7 fully saturated rings. The van der Waals surface area contributed by atoms with Crippen molar-refractivity contribution in [3.8, 4) is 0 Å². The molecule has 26 nitrogen and oxygen atoms in total. The molecular weight excluding hydrogens is 1220 g/mol. The average molecular weight is 1320 g/mol. The number of hydrogen-bond acceptors (Lipinski definition) is 24. The van der Waals surface area contributed by atoms with E-state index in [9.17, 15) is 50.3 Å². The Morgan fingerprint density at radius 2 is 1.28 bits per heavy atom. The molecule has 26 heteroatoms. The molecule has 10 aliphatic rings. The minimum atomic E-state index is -1.84. The highest BCUT2D eigenvalue weighted by molar-refractivity contribution is 6.26. The van der Waals surface area contributed by atoms with E-state index in [1.807, 2.05) is 32.9 Å². The van der Waals surface area contributed by atoms with Gasteiger partial charge in [-0.1, -0.05) is 63.6 Å². The minimum absolute atomic E-state index is 0.00999. The van der Waals surface area contributed by atoms with Crippen molar-refractivity contribution in [1.29, 1.82) is 0 Å². The molecule has 7 N–H and O–H groups in total. The molecule has 0 aromatic heterocycles. The summed E-state index contributed by atoms with van der Waals surface area (Å²) in [6.45, 7) is 21.2. The van der Waals surface area contributed by atoms with Crippen LogP contribution < -0.4 is 5.32 Å². The standard InChI is InChI=1S/C67H100N2O24/c1-29-15-18-45(88-52-27-65(11,69(79)80)60(38(10)87-52)68-64(78)82-14)30(2)20-40-21-39(28-70)33(5)26-67(40)62(76)53(63(77)93-67)61(75)66(12)42(29)17-16-41-54(66)31(3)19-32(4)57(41)91-51-24-46(56(74)35(7)84-51)89-50-25-47(90-48-22-43(71)55(73)34(6)83-48)59(37(9)86-50)92-49-23-44(72)58(81-13)36(8)85-49/h15-17,20-21,31-38,40-52,54-60,70-75H,18-19,22-28H2,1-14H3,(H,68,78)/b29-15-,30-20+,61-53+/t31-,32-,33+,34-,35-,36-,37-,38+,40+,41-,42-,43+,44+,45-,46+,47+,48-,49+,50-,51-,52-,54+,55-,56-,57-,58-,59-,60-,65-,66+,67?/m0/s1. The van der Waals surface area contributed by atoms with Gasteiger partial charge in [0.15, 0.2) is 37.1 Å². The number of amides is 1. The number of nitrogens with one attached hydrogen (secondary N) is 1. The van der Waals surface area contributed by atoms with E-state index < -0.39 is 209 Å². The number of aliphatic hydroxyl groups excluding tert-OH is 6. The Labute approximate surface area is 543 Å². The number of carbonyl (C=O) groups excluding carboxylic acids is 3. The molecule has 1 amide bonds. The Balaban J connectivity index is 0.943. The smallest absolute Gasteiger partial charge is 0.407 e. The number of rotatable bonds is 14. The molecule has 0 aromatic carbocycles. The van der Waals surface area contributed by atoms with Crippen LogP contribution in [0, 0.1) is 57.0 Å². The van der Waals surface area contributed by atoms with E-state index in [1.165, 1.54) is 14.0 Å². The Morgan fingerprint density at radius 1 is 0.688 bits per heavy atom. The first-order valence-electron chi connectivity index (χ1n) is 33.2. The first-order valence-corrected chi connectivity index (χ1v) is 33.2. The van der Waals surface area contributed by atoms with Crippen molar-refractivity contribution in [3.05, 3.63) is 68.5 Å². The summed E-state index contributed by atoms with van der Waals surface area (Å²) in [6, 6.07) is -1.09. The molecule has 93 heavy (non-hydrogen) atoms. The van der Waals surface area contributed by atoms with Gasteiger partial charge < -0.3 is 97.5 Å². The van der Waals surface area contributed by atoms with Gasteiger partial charge in [-0.3, -0.25) is 14.9 Å². The lowest BCUT2D eigenvalue weighted by Crippen LogP contribution is -2.65. The van der Waals surface area contributed by atoms with Gasteiger partial charge in [0, 0.05) is 74.2 Å². The zero-order chi connectivity index (χ0) is 67.7. The molecule has 6 saturated heterocycles. The summed E-state index contributed by atoms with van der Waals surface area (Å²) in [5, 5.41) is 83.6. The van der Waals surface area contributed by atoms with E-state index in [-0.39, 0.29) is 63.4 Å². The summed E-state index contributed by atoms with van der Waals surface area (Å²) in [5.41, 5.74) is -3.49. The number of esters is 1. The molecular formula is C67H100N2O24. The first kappa shape index (κ1) is 71.4. The largest absolute Gasteiger partial charge is 0.511 e. The summed E-state index contributed by atoms with van der Waals surface area (Å²) in [5.74, 6) is -5.33. The third-order valence-electron chi connectivity index (χ3n) is 22.3. The van der Waals surface area contributed by atoms with Gasteiger partial charge in [-0.25, -0.2) is 9.59 Å². The molecule has 6 heterocycles. The maximum absolute atomic E-state index is 15.7. The van der Waals surface area contributed by atoms with Crippen LogP contribution in [-0.2, 0) is 71.2 Å². The number of methoxy groups -OCH3 is 2. The normalized spacial score (nSPS) is 49.9. The fourth-order valence-corrected chi connectivity index (χ4v) is 17.2. The molecule has 31 atom stereocenters. The average Bonchev–Trinajstić information content (AvgIpc) is 1.70. The van der Waals surface area contributed by atoms with E-state index in [0.717, 1.165) is 12.7 Å². The molecule has 2 bridgehead atoms. The van der Waals surface area contributed by atoms with Gasteiger partial charge >= 0.3 is 12.1 Å². The molecule has 0 aromatic rings. The Bertz CT molecular complexity index is 2880. The highest BCUT2D eigenvalue weighted by Crippen LogP contribution is 2.61. The van der Waals surface area contributed by atoms with Gasteiger partial charge in [0.2, 0.25) is 11.3 Å². The van der Waals surface area contributed by atoms with Gasteiger partial charge in [0.05, 0.1) is 87.3 Å². The van der Waals surface area contributed by atoms with Gasteiger partial charge in [0.25, 0.3) is 0 Å². The lowest BCUT2D eigenvalue weighted by atomic mass is 9.49. The van der Waals surface area contributed by atoms with Crippen LogP contribution in [0.4, 0.5) is 4.79 Å². The van der Waals surface area contributed by atoms with Gasteiger partial charge in [0.1, 0.15) is 41.8 Å². The number of aliphatic hydroxyl groups is 6. The number of Topliss-reactive ketones (excluding diaryl/α,β-unsaturated/α-hetero) is 1. The fourth-order valence-electron chi connectivity index (χ4n) is 17.2. The number of nitro groups is 1. The number of ketones is 1. The molecule has 4 aliphatic carbocycles. The molecule has 1 spiro atoms. The van der Waals surface area contributed by atoms with Crippen LogP contribution >= 0.6 is 0 Å². The lowest BCUT2D eigenvalue weighted by molar-refractivity contribution is -0.584. The molecule has 0 radical (unpaired) electrons. The van der Waals surface area contributed by atoms with Crippen molar-refractivity contribution in [2.45, 2.75) is 275 Å². The van der Waals surface area contributed by atoms with Crippen molar-refractivity contribution < 1.29 is 112 Å². The van der Waals surface area contributed by atoms with Crippen molar-refractivity contribution in [2.75, 3.05) is 20.8 Å². The van der Waals surface area contributed by atoms with Crippen LogP contribution in [0.5, 0.6) is 0 Å². The third-order valence-corrected chi connectivity index (χ3v) is 22.3. The van der Waals surface area contributed by atoms with E-state index in [4.69, 9.17) is 61.6 Å². The van der Waals surface area contributed by atoms with Crippen LogP contribution in [0.15, 0.2) is 58.4 Å². The summed E-state index contributed by atoms with van der Waals surface area (Å²) < 4.78 is 82.0. The number of allylic oxidation sites excluding steroid dienone is 3. The molecule has 522 valence electrons. The van der Waals surface area contributed by atoms with Crippen molar-refractivity contribution >= 4 is 17.8 Å². The number of nitrogens with zero attached hydrogens (tertiary/aromatic N) is 1. The summed E-state index contributed by atoms with van der Waals surface area (Å²) in [7, 11) is 2.66. The molecule has 6 aliphatic heterocycles. The maximum atomic E-state index is 15.7. The highest BCUT2D eigenvalue weighted by Gasteiger charge is 2.64. The quantitative estimate of drug-likeness (QED) is 0.0373. The Kier molecular flexibility index (Phi) is 21.7. The minimum Gasteiger partial charge on any atom is -0.511 e. The monoisotopic (exact) mass is 1320 g/mol. The zero-order valence-corrected chi connectivity index (χ0v) is 55.9. The molecule has 1 saturated carbocycles. The van der Waals surface area contributed by atoms with Gasteiger partial charge in [-0.05, 0) is 96.1 Å². The van der Waals surface area contributed by atoms with E-state index in [1.54, 1.807) is 53.7 Å². The first-order chi connectivity index (χ1) is 43.9. The maximum Gasteiger partial charge on any atom is 0.407 e. The van der Waals surface area contributed by atoms with E-state index in [2.05, 4.69) is 25.2 Å². The number of alkyl carbamates (subject to hydrolysis) is 1. The van der Waals surface area contributed by atoms with Crippen LogP contribution in [0.3, 0.4) is 0 Å². The van der Waals surface area contributed by atoms with E-state index >= 15 is 4.79 Å². The molecule has 1 unspecified atom stereocenters.